The van der Waals surface area contributed by atoms with E-state index in [4.69, 9.17) is 14.2 Å². The Hall–Kier alpha value is -2.89. The van der Waals surface area contributed by atoms with E-state index in [-0.39, 0.29) is 37.5 Å². The largest absolute Gasteiger partial charge is 0.462 e. The van der Waals surface area contributed by atoms with Crippen molar-refractivity contribution in [1.82, 2.24) is 0 Å². The molecule has 0 aliphatic rings. The summed E-state index contributed by atoms with van der Waals surface area (Å²) in [5.74, 6) is -0.950. The number of carbonyl (C=O) groups is 3. The first-order valence-corrected chi connectivity index (χ1v) is 28.8. The Balaban J connectivity index is 4.44. The number of allylic oxidation sites excluding steroid dienone is 10. The average molecular weight is 938 g/mol. The fourth-order valence-corrected chi connectivity index (χ4v) is 8.14. The third kappa shape index (κ3) is 53.9. The van der Waals surface area contributed by atoms with Gasteiger partial charge in [0.15, 0.2) is 6.10 Å². The molecular formula is C61H108O6. The summed E-state index contributed by atoms with van der Waals surface area (Å²) in [6.07, 6.45) is 69.3. The number of carbonyl (C=O) groups excluding carboxylic acids is 3. The monoisotopic (exact) mass is 937 g/mol. The molecule has 0 saturated heterocycles. The van der Waals surface area contributed by atoms with E-state index in [9.17, 15) is 14.4 Å². The second-order valence-corrected chi connectivity index (χ2v) is 19.2. The van der Waals surface area contributed by atoms with Crippen molar-refractivity contribution in [2.45, 2.75) is 297 Å². The van der Waals surface area contributed by atoms with Crippen LogP contribution >= 0.6 is 0 Å². The predicted octanol–water partition coefficient (Wildman–Crippen LogP) is 19.2. The van der Waals surface area contributed by atoms with Crippen LogP contribution in [0.4, 0.5) is 0 Å². The minimum Gasteiger partial charge on any atom is -0.462 e. The third-order valence-electron chi connectivity index (χ3n) is 12.5. The van der Waals surface area contributed by atoms with Crippen LogP contribution in [0.2, 0.25) is 0 Å². The molecule has 0 aliphatic heterocycles. The van der Waals surface area contributed by atoms with Crippen molar-refractivity contribution in [1.29, 1.82) is 0 Å². The Bertz CT molecular complexity index is 1210. The summed E-state index contributed by atoms with van der Waals surface area (Å²) in [4.78, 5) is 38.1. The summed E-state index contributed by atoms with van der Waals surface area (Å²) < 4.78 is 16.8. The normalized spacial score (nSPS) is 12.5. The zero-order chi connectivity index (χ0) is 48.6. The Morgan fingerprint density at radius 2 is 0.552 bits per heavy atom. The van der Waals surface area contributed by atoms with E-state index in [1.807, 2.05) is 0 Å². The SMILES string of the molecule is CCCCC/C=C/C/C=C/C/C=C/C/C=C/CCCC(=O)O[C@H](COC(=O)CCCCCCC/C=C/CCCCCCC)COC(=O)CCCCCCCCCCCCCCCCCCCC. The molecule has 0 spiro atoms. The van der Waals surface area contributed by atoms with Crippen molar-refractivity contribution in [3.8, 4) is 0 Å². The highest BCUT2D eigenvalue weighted by Crippen LogP contribution is 2.16. The van der Waals surface area contributed by atoms with Gasteiger partial charge < -0.3 is 14.2 Å². The van der Waals surface area contributed by atoms with Crippen LogP contribution in [-0.2, 0) is 28.6 Å². The van der Waals surface area contributed by atoms with Crippen LogP contribution in [0, 0.1) is 0 Å². The zero-order valence-electron chi connectivity index (χ0n) is 44.4. The van der Waals surface area contributed by atoms with Crippen LogP contribution in [0.1, 0.15) is 290 Å². The van der Waals surface area contributed by atoms with E-state index in [2.05, 4.69) is 81.5 Å². The molecule has 0 aliphatic carbocycles. The van der Waals surface area contributed by atoms with Gasteiger partial charge in [0, 0.05) is 19.3 Å². The van der Waals surface area contributed by atoms with Crippen molar-refractivity contribution >= 4 is 17.9 Å². The number of esters is 3. The lowest BCUT2D eigenvalue weighted by Gasteiger charge is -2.18. The van der Waals surface area contributed by atoms with Gasteiger partial charge >= 0.3 is 17.9 Å². The summed E-state index contributed by atoms with van der Waals surface area (Å²) in [6.45, 7) is 6.58. The number of unbranched alkanes of at least 4 members (excludes halogenated alkanes) is 31. The molecule has 0 aromatic rings. The summed E-state index contributed by atoms with van der Waals surface area (Å²) in [5.41, 5.74) is 0. The number of rotatable bonds is 52. The Labute approximate surface area is 415 Å². The summed E-state index contributed by atoms with van der Waals surface area (Å²) in [7, 11) is 0. The average Bonchev–Trinajstić information content (AvgIpc) is 3.33. The van der Waals surface area contributed by atoms with Gasteiger partial charge in [0.05, 0.1) is 0 Å². The van der Waals surface area contributed by atoms with Crippen LogP contribution in [0.25, 0.3) is 0 Å². The van der Waals surface area contributed by atoms with Crippen molar-refractivity contribution in [2.75, 3.05) is 13.2 Å². The minimum absolute atomic E-state index is 0.0959. The van der Waals surface area contributed by atoms with E-state index in [1.54, 1.807) is 0 Å². The second kappa shape index (κ2) is 55.7. The molecule has 0 bridgehead atoms. The van der Waals surface area contributed by atoms with Crippen molar-refractivity contribution in [2.24, 2.45) is 0 Å². The van der Waals surface area contributed by atoms with E-state index in [0.717, 1.165) is 70.6 Å². The molecule has 0 heterocycles. The fraction of sp³-hybridized carbons (Fsp3) is 0.787. The molecule has 67 heavy (non-hydrogen) atoms. The van der Waals surface area contributed by atoms with Gasteiger partial charge in [-0.1, -0.05) is 248 Å². The standard InChI is InChI=1S/C61H108O6/c1-4-7-10-13-16-19-22-25-28-30-32-33-36-39-42-45-48-51-54-60(63)66-57-58(56-65-59(62)53-50-47-44-41-38-35-27-24-21-18-15-12-9-6-3)67-61(64)55-52-49-46-43-40-37-34-31-29-26-23-20-17-14-11-8-5-2/h17,20,24,26-27,29,34,37,43,46,58H,4-16,18-19,21-23,25,28,30-33,35-36,38-42,44-45,47-57H2,1-3H3/b20-17+,27-24+,29-26+,37-34+,46-43+/t58-/m1/s1. The molecule has 388 valence electrons. The summed E-state index contributed by atoms with van der Waals surface area (Å²) >= 11 is 0. The second-order valence-electron chi connectivity index (χ2n) is 19.2. The van der Waals surface area contributed by atoms with Crippen LogP contribution in [0.5, 0.6) is 0 Å². The maximum Gasteiger partial charge on any atom is 0.306 e. The van der Waals surface area contributed by atoms with Gasteiger partial charge in [-0.2, -0.15) is 0 Å². The van der Waals surface area contributed by atoms with Gasteiger partial charge in [-0.15, -0.1) is 0 Å². The van der Waals surface area contributed by atoms with Gasteiger partial charge in [0.25, 0.3) is 0 Å². The molecule has 0 aromatic carbocycles. The number of ether oxygens (including phenoxy) is 3. The molecule has 0 radical (unpaired) electrons. The van der Waals surface area contributed by atoms with E-state index in [1.165, 1.54) is 173 Å². The molecule has 0 amide bonds. The highest BCUT2D eigenvalue weighted by atomic mass is 16.6. The molecular weight excluding hydrogens is 829 g/mol. The van der Waals surface area contributed by atoms with Gasteiger partial charge in [-0.05, 0) is 83.5 Å². The Kier molecular flexibility index (Phi) is 53.3. The van der Waals surface area contributed by atoms with E-state index in [0.29, 0.717) is 19.3 Å². The molecule has 0 unspecified atom stereocenters. The molecule has 0 fully saturated rings. The predicted molar refractivity (Wildman–Crippen MR) is 288 cm³/mol. The lowest BCUT2D eigenvalue weighted by atomic mass is 10.0. The maximum atomic E-state index is 12.8. The number of hydrogen-bond donors (Lipinski definition) is 0. The molecule has 6 nitrogen and oxygen atoms in total. The quantitative estimate of drug-likeness (QED) is 0.0262. The Morgan fingerprint density at radius 3 is 0.925 bits per heavy atom. The fourth-order valence-electron chi connectivity index (χ4n) is 8.14. The van der Waals surface area contributed by atoms with Crippen molar-refractivity contribution in [3.63, 3.8) is 0 Å². The highest BCUT2D eigenvalue weighted by molar-refractivity contribution is 5.71. The van der Waals surface area contributed by atoms with E-state index >= 15 is 0 Å². The Morgan fingerprint density at radius 1 is 0.299 bits per heavy atom. The first-order chi connectivity index (χ1) is 33.0. The molecule has 6 heteroatoms. The van der Waals surface area contributed by atoms with Gasteiger partial charge in [0.1, 0.15) is 13.2 Å². The molecule has 0 N–H and O–H groups in total. The molecule has 0 aromatic heterocycles. The first kappa shape index (κ1) is 64.1. The molecule has 0 rings (SSSR count). The first-order valence-electron chi connectivity index (χ1n) is 28.8. The lowest BCUT2D eigenvalue weighted by molar-refractivity contribution is -0.167. The van der Waals surface area contributed by atoms with Crippen LogP contribution < -0.4 is 0 Å². The van der Waals surface area contributed by atoms with Crippen LogP contribution in [-0.4, -0.2) is 37.2 Å². The summed E-state index contributed by atoms with van der Waals surface area (Å²) in [6, 6.07) is 0. The van der Waals surface area contributed by atoms with Gasteiger partial charge in [0.2, 0.25) is 0 Å². The summed E-state index contributed by atoms with van der Waals surface area (Å²) in [5, 5.41) is 0. The molecule has 0 saturated carbocycles. The lowest BCUT2D eigenvalue weighted by Crippen LogP contribution is -2.30. The third-order valence-corrected chi connectivity index (χ3v) is 12.5. The minimum atomic E-state index is -0.804. The van der Waals surface area contributed by atoms with Gasteiger partial charge in [-0.25, -0.2) is 0 Å². The highest BCUT2D eigenvalue weighted by Gasteiger charge is 2.19. The smallest absolute Gasteiger partial charge is 0.306 e. The van der Waals surface area contributed by atoms with Crippen molar-refractivity contribution < 1.29 is 28.6 Å². The maximum absolute atomic E-state index is 12.8. The number of hydrogen-bond acceptors (Lipinski definition) is 6. The van der Waals surface area contributed by atoms with Crippen LogP contribution in [0.3, 0.4) is 0 Å². The zero-order valence-corrected chi connectivity index (χ0v) is 44.4. The van der Waals surface area contributed by atoms with Crippen molar-refractivity contribution in [3.05, 3.63) is 60.8 Å². The molecule has 1 atom stereocenters. The van der Waals surface area contributed by atoms with E-state index < -0.39 is 6.10 Å². The van der Waals surface area contributed by atoms with Gasteiger partial charge in [-0.3, -0.25) is 14.4 Å². The topological polar surface area (TPSA) is 78.9 Å². The van der Waals surface area contributed by atoms with Crippen LogP contribution in [0.15, 0.2) is 60.8 Å².